The van der Waals surface area contributed by atoms with Crippen molar-refractivity contribution in [3.05, 3.63) is 34.4 Å². The Morgan fingerprint density at radius 2 is 2.23 bits per heavy atom. The molecular formula is C15H22N4O3. The molecule has 0 spiro atoms. The monoisotopic (exact) mass is 306 g/mol. The Bertz CT molecular complexity index is 535. The molecule has 2 unspecified atom stereocenters. The molecule has 2 atom stereocenters. The molecule has 0 radical (unpaired) electrons. The first-order valence-electron chi connectivity index (χ1n) is 7.56. The number of nitro groups is 1. The van der Waals surface area contributed by atoms with Crippen LogP contribution in [0.4, 0.5) is 11.4 Å². The fraction of sp³-hybridized carbons (Fsp3) is 0.533. The molecule has 1 heterocycles. The number of benzene rings is 1. The van der Waals surface area contributed by atoms with Gasteiger partial charge in [-0.15, -0.1) is 0 Å². The molecule has 0 saturated carbocycles. The Morgan fingerprint density at radius 1 is 1.45 bits per heavy atom. The molecule has 3 N–H and O–H groups in total. The molecule has 0 aliphatic carbocycles. The normalized spacial score (nSPS) is 21.1. The number of para-hydroxylation sites is 2. The van der Waals surface area contributed by atoms with Crippen molar-refractivity contribution in [2.75, 3.05) is 18.4 Å². The number of carbonyl (C=O) groups excluding carboxylic acids is 1. The third-order valence-corrected chi connectivity index (χ3v) is 3.76. The second kappa shape index (κ2) is 7.74. The molecule has 1 amide bonds. The number of hydrogen-bond donors (Lipinski definition) is 3. The van der Waals surface area contributed by atoms with E-state index in [1.165, 1.54) is 6.07 Å². The number of amides is 1. The molecule has 1 aliphatic heterocycles. The quantitative estimate of drug-likeness (QED) is 0.548. The average molecular weight is 306 g/mol. The van der Waals surface area contributed by atoms with Gasteiger partial charge in [0.1, 0.15) is 5.69 Å². The third kappa shape index (κ3) is 4.70. The van der Waals surface area contributed by atoms with Crippen LogP contribution in [0.1, 0.15) is 26.2 Å². The Hall–Kier alpha value is -2.15. The fourth-order valence-corrected chi connectivity index (χ4v) is 2.66. The summed E-state index contributed by atoms with van der Waals surface area (Å²) in [6.45, 7) is 3.40. The highest BCUT2D eigenvalue weighted by atomic mass is 16.6. The number of carbonyl (C=O) groups is 1. The standard InChI is InChI=1S/C15H22N4O3/c1-11-10-12(6-8-16-11)18-15(20)7-9-17-13-4-2-3-5-14(13)19(21)22/h2-5,11-12,16-17H,6-10H2,1H3,(H,18,20). The van der Waals surface area contributed by atoms with Crippen molar-refractivity contribution in [3.8, 4) is 0 Å². The van der Waals surface area contributed by atoms with E-state index in [4.69, 9.17) is 0 Å². The number of nitrogens with zero attached hydrogens (tertiary/aromatic N) is 1. The van der Waals surface area contributed by atoms with Crippen molar-refractivity contribution >= 4 is 17.3 Å². The van der Waals surface area contributed by atoms with E-state index >= 15 is 0 Å². The summed E-state index contributed by atoms with van der Waals surface area (Å²) < 4.78 is 0. The highest BCUT2D eigenvalue weighted by Gasteiger charge is 2.19. The Kier molecular flexibility index (Phi) is 5.71. The maximum absolute atomic E-state index is 11.9. The molecule has 1 fully saturated rings. The van der Waals surface area contributed by atoms with Gasteiger partial charge in [0, 0.05) is 31.1 Å². The van der Waals surface area contributed by atoms with Crippen LogP contribution in [0.2, 0.25) is 0 Å². The Morgan fingerprint density at radius 3 is 2.95 bits per heavy atom. The molecule has 0 aromatic heterocycles. The molecule has 7 nitrogen and oxygen atoms in total. The molecule has 1 saturated heterocycles. The number of hydrogen-bond acceptors (Lipinski definition) is 5. The lowest BCUT2D eigenvalue weighted by molar-refractivity contribution is -0.384. The van der Waals surface area contributed by atoms with Gasteiger partial charge in [-0.3, -0.25) is 14.9 Å². The first kappa shape index (κ1) is 16.2. The zero-order valence-corrected chi connectivity index (χ0v) is 12.7. The predicted molar refractivity (Wildman–Crippen MR) is 84.8 cm³/mol. The van der Waals surface area contributed by atoms with E-state index in [1.54, 1.807) is 18.2 Å². The molecular weight excluding hydrogens is 284 g/mol. The summed E-state index contributed by atoms with van der Waals surface area (Å²) in [5.41, 5.74) is 0.464. The maximum Gasteiger partial charge on any atom is 0.292 e. The number of rotatable bonds is 6. The smallest absolute Gasteiger partial charge is 0.292 e. The van der Waals surface area contributed by atoms with Gasteiger partial charge >= 0.3 is 0 Å². The van der Waals surface area contributed by atoms with Gasteiger partial charge in [-0.25, -0.2) is 0 Å². The molecule has 2 rings (SSSR count). The molecule has 120 valence electrons. The van der Waals surface area contributed by atoms with E-state index in [-0.39, 0.29) is 17.6 Å². The van der Waals surface area contributed by atoms with Crippen LogP contribution in [0, 0.1) is 10.1 Å². The van der Waals surface area contributed by atoms with Crippen LogP contribution in [-0.2, 0) is 4.79 Å². The van der Waals surface area contributed by atoms with E-state index in [0.717, 1.165) is 19.4 Å². The Balaban J connectivity index is 1.76. The summed E-state index contributed by atoms with van der Waals surface area (Å²) in [7, 11) is 0. The molecule has 1 aromatic rings. The van der Waals surface area contributed by atoms with Gasteiger partial charge in [-0.2, -0.15) is 0 Å². The maximum atomic E-state index is 11.9. The van der Waals surface area contributed by atoms with Gasteiger partial charge < -0.3 is 16.0 Å². The van der Waals surface area contributed by atoms with Crippen LogP contribution in [0.25, 0.3) is 0 Å². The summed E-state index contributed by atoms with van der Waals surface area (Å²) >= 11 is 0. The van der Waals surface area contributed by atoms with Crippen molar-refractivity contribution in [1.82, 2.24) is 10.6 Å². The highest BCUT2D eigenvalue weighted by molar-refractivity contribution is 5.77. The molecule has 1 aliphatic rings. The lowest BCUT2D eigenvalue weighted by Gasteiger charge is -2.28. The van der Waals surface area contributed by atoms with Crippen LogP contribution in [0.3, 0.4) is 0 Å². The SMILES string of the molecule is CC1CC(NC(=O)CCNc2ccccc2[N+](=O)[O-])CCN1. The second-order valence-electron chi connectivity index (χ2n) is 5.60. The van der Waals surface area contributed by atoms with Crippen molar-refractivity contribution in [2.45, 2.75) is 38.3 Å². The number of nitrogens with one attached hydrogen (secondary N) is 3. The molecule has 7 heteroatoms. The van der Waals surface area contributed by atoms with E-state index in [2.05, 4.69) is 22.9 Å². The largest absolute Gasteiger partial charge is 0.379 e. The highest BCUT2D eigenvalue weighted by Crippen LogP contribution is 2.22. The molecule has 1 aromatic carbocycles. The van der Waals surface area contributed by atoms with Crippen LogP contribution in [-0.4, -0.2) is 36.0 Å². The van der Waals surface area contributed by atoms with E-state index in [1.807, 2.05) is 0 Å². The van der Waals surface area contributed by atoms with Gasteiger partial charge in [0.05, 0.1) is 4.92 Å². The second-order valence-corrected chi connectivity index (χ2v) is 5.60. The minimum Gasteiger partial charge on any atom is -0.379 e. The lowest BCUT2D eigenvalue weighted by atomic mass is 10.0. The number of nitro benzene ring substituents is 1. The lowest BCUT2D eigenvalue weighted by Crippen LogP contribution is -2.46. The minimum absolute atomic E-state index is 0.0230. The van der Waals surface area contributed by atoms with Gasteiger partial charge in [0.2, 0.25) is 5.91 Å². The van der Waals surface area contributed by atoms with Crippen molar-refractivity contribution < 1.29 is 9.72 Å². The molecule has 22 heavy (non-hydrogen) atoms. The van der Waals surface area contributed by atoms with E-state index in [9.17, 15) is 14.9 Å². The summed E-state index contributed by atoms with van der Waals surface area (Å²) in [6, 6.07) is 7.07. The first-order valence-corrected chi connectivity index (χ1v) is 7.56. The topological polar surface area (TPSA) is 96.3 Å². The van der Waals surface area contributed by atoms with Crippen molar-refractivity contribution in [3.63, 3.8) is 0 Å². The van der Waals surface area contributed by atoms with Crippen LogP contribution >= 0.6 is 0 Å². The fourth-order valence-electron chi connectivity index (χ4n) is 2.66. The van der Waals surface area contributed by atoms with E-state index < -0.39 is 4.92 Å². The predicted octanol–water partition coefficient (Wildman–Crippen LogP) is 1.65. The number of anilines is 1. The zero-order valence-electron chi connectivity index (χ0n) is 12.7. The van der Waals surface area contributed by atoms with Crippen LogP contribution < -0.4 is 16.0 Å². The molecule has 0 bridgehead atoms. The van der Waals surface area contributed by atoms with Gasteiger partial charge in [-0.05, 0) is 32.4 Å². The Labute approximate surface area is 129 Å². The summed E-state index contributed by atoms with van der Waals surface area (Å²) in [6.07, 6.45) is 2.17. The van der Waals surface area contributed by atoms with Gasteiger partial charge in [0.25, 0.3) is 5.69 Å². The van der Waals surface area contributed by atoms with Gasteiger partial charge in [-0.1, -0.05) is 12.1 Å². The van der Waals surface area contributed by atoms with Crippen molar-refractivity contribution in [2.24, 2.45) is 0 Å². The number of piperidine rings is 1. The summed E-state index contributed by atoms with van der Waals surface area (Å²) in [5, 5.41) is 20.2. The summed E-state index contributed by atoms with van der Waals surface area (Å²) in [4.78, 5) is 22.4. The van der Waals surface area contributed by atoms with Crippen LogP contribution in [0.15, 0.2) is 24.3 Å². The van der Waals surface area contributed by atoms with Crippen LogP contribution in [0.5, 0.6) is 0 Å². The van der Waals surface area contributed by atoms with Gasteiger partial charge in [0.15, 0.2) is 0 Å². The zero-order chi connectivity index (χ0) is 15.9. The first-order chi connectivity index (χ1) is 10.6. The minimum atomic E-state index is -0.432. The average Bonchev–Trinajstić information content (AvgIpc) is 2.47. The summed E-state index contributed by atoms with van der Waals surface area (Å²) in [5.74, 6) is -0.0230. The van der Waals surface area contributed by atoms with E-state index in [0.29, 0.717) is 24.7 Å². The third-order valence-electron chi connectivity index (χ3n) is 3.76. The van der Waals surface area contributed by atoms with Crippen molar-refractivity contribution in [1.29, 1.82) is 0 Å².